The van der Waals surface area contributed by atoms with Crippen LogP contribution in [0, 0.1) is 0 Å². The highest BCUT2D eigenvalue weighted by Crippen LogP contribution is 2.39. The highest BCUT2D eigenvalue weighted by Gasteiger charge is 2.19. The van der Waals surface area contributed by atoms with Crippen LogP contribution in [-0.4, -0.2) is 15.0 Å². The molecule has 1 atom stereocenters. The quantitative estimate of drug-likeness (QED) is 0.179. The van der Waals surface area contributed by atoms with Gasteiger partial charge in [0.25, 0.3) is 0 Å². The minimum Gasteiger partial charge on any atom is -0.456 e. The van der Waals surface area contributed by atoms with E-state index in [0.29, 0.717) is 23.4 Å². The average molecular weight is 694 g/mol. The molecule has 5 nitrogen and oxygen atoms in total. The predicted octanol–water partition coefficient (Wildman–Crippen LogP) is 13.1. The van der Waals surface area contributed by atoms with Crippen molar-refractivity contribution in [3.05, 3.63) is 175 Å². The molecule has 7 aromatic carbocycles. The van der Waals surface area contributed by atoms with Crippen molar-refractivity contribution in [3.63, 3.8) is 0 Å². The lowest BCUT2D eigenvalue weighted by Gasteiger charge is -2.14. The van der Waals surface area contributed by atoms with Crippen LogP contribution < -0.4 is 0 Å². The van der Waals surface area contributed by atoms with Gasteiger partial charge in [-0.3, -0.25) is 0 Å². The third kappa shape index (κ3) is 5.05. The Labute approximate surface area is 310 Å². The second-order valence-electron chi connectivity index (χ2n) is 13.9. The molecule has 54 heavy (non-hydrogen) atoms. The summed E-state index contributed by atoms with van der Waals surface area (Å²) in [7, 11) is 0. The topological polar surface area (TPSA) is 65.0 Å². The molecule has 254 valence electrons. The SMILES string of the molecule is C1=CCC(c2ccc(-c3nc(-c4ccc5ccc(-c6cccc7oc8ccccc8c67)cc5c4)nc(-c4cccc5c4oc4ccccc45)n3)cc2)C=C1. The van der Waals surface area contributed by atoms with Gasteiger partial charge in [0, 0.05) is 38.6 Å². The molecule has 11 rings (SSSR count). The Morgan fingerprint density at radius 3 is 1.94 bits per heavy atom. The molecule has 0 saturated heterocycles. The van der Waals surface area contributed by atoms with Gasteiger partial charge in [-0.25, -0.2) is 15.0 Å². The molecule has 0 fully saturated rings. The summed E-state index contributed by atoms with van der Waals surface area (Å²) in [6.45, 7) is 0. The number of para-hydroxylation sites is 3. The summed E-state index contributed by atoms with van der Waals surface area (Å²) in [5.74, 6) is 2.14. The molecule has 0 saturated carbocycles. The van der Waals surface area contributed by atoms with Crippen molar-refractivity contribution in [1.29, 1.82) is 0 Å². The second kappa shape index (κ2) is 12.2. The predicted molar refractivity (Wildman–Crippen MR) is 219 cm³/mol. The third-order valence-electron chi connectivity index (χ3n) is 10.7. The van der Waals surface area contributed by atoms with Crippen molar-refractivity contribution >= 4 is 54.6 Å². The summed E-state index contributed by atoms with van der Waals surface area (Å²) in [4.78, 5) is 15.4. The van der Waals surface area contributed by atoms with Crippen LogP contribution in [0.2, 0.25) is 0 Å². The summed E-state index contributed by atoms with van der Waals surface area (Å²) in [6.07, 6.45) is 9.70. The summed E-state index contributed by atoms with van der Waals surface area (Å²) < 4.78 is 12.7. The number of rotatable bonds is 5. The van der Waals surface area contributed by atoms with E-state index in [1.54, 1.807) is 0 Å². The Bertz CT molecular complexity index is 3150. The summed E-state index contributed by atoms with van der Waals surface area (Å²) >= 11 is 0. The first kappa shape index (κ1) is 30.5. The van der Waals surface area contributed by atoms with E-state index in [4.69, 9.17) is 23.8 Å². The van der Waals surface area contributed by atoms with Gasteiger partial charge in [-0.2, -0.15) is 0 Å². The molecule has 1 unspecified atom stereocenters. The molecular formula is C49H31N3O2. The minimum atomic E-state index is 0.362. The number of allylic oxidation sites excluding steroid dienone is 4. The molecule has 5 heteroatoms. The van der Waals surface area contributed by atoms with Gasteiger partial charge in [0.05, 0.1) is 5.56 Å². The monoisotopic (exact) mass is 693 g/mol. The zero-order chi connectivity index (χ0) is 35.6. The van der Waals surface area contributed by atoms with Gasteiger partial charge in [0.2, 0.25) is 0 Å². The Morgan fingerprint density at radius 2 is 1.11 bits per heavy atom. The first-order chi connectivity index (χ1) is 26.7. The van der Waals surface area contributed by atoms with E-state index in [1.807, 2.05) is 48.5 Å². The standard InChI is InChI=1S/C49H31N3O2/c1-2-10-30(11-3-1)31-20-24-33(25-21-31)47-50-48(52-49(51-47)41-16-8-15-39-38-12-4-6-17-42(38)54-46(39)41)35-27-23-32-22-26-34(28-36(32)29-35)37-14-9-19-44-45(37)40-13-5-7-18-43(40)53-44/h1-10,12-30H,11H2. The van der Waals surface area contributed by atoms with Gasteiger partial charge in [-0.15, -0.1) is 0 Å². The lowest BCUT2D eigenvalue weighted by molar-refractivity contribution is 0.669. The van der Waals surface area contributed by atoms with Crippen LogP contribution >= 0.6 is 0 Å². The van der Waals surface area contributed by atoms with E-state index in [0.717, 1.165) is 88.9 Å². The van der Waals surface area contributed by atoms with Crippen LogP contribution in [0.5, 0.6) is 0 Å². The lowest BCUT2D eigenvalue weighted by Crippen LogP contribution is -2.01. The van der Waals surface area contributed by atoms with Crippen LogP contribution in [0.1, 0.15) is 17.9 Å². The number of benzene rings is 7. The minimum absolute atomic E-state index is 0.362. The molecule has 1 aliphatic rings. The van der Waals surface area contributed by atoms with Crippen LogP contribution in [-0.2, 0) is 0 Å². The van der Waals surface area contributed by atoms with Crippen LogP contribution in [0.3, 0.4) is 0 Å². The van der Waals surface area contributed by atoms with Gasteiger partial charge in [-0.1, -0.05) is 133 Å². The molecule has 0 N–H and O–H groups in total. The smallest absolute Gasteiger partial charge is 0.167 e. The fraction of sp³-hybridized carbons (Fsp3) is 0.0408. The number of hydrogen-bond donors (Lipinski definition) is 0. The van der Waals surface area contributed by atoms with Crippen LogP contribution in [0.15, 0.2) is 179 Å². The Balaban J connectivity index is 1.07. The van der Waals surface area contributed by atoms with E-state index in [-0.39, 0.29) is 0 Å². The zero-order valence-corrected chi connectivity index (χ0v) is 29.1. The Morgan fingerprint density at radius 1 is 0.463 bits per heavy atom. The first-order valence-electron chi connectivity index (χ1n) is 18.3. The highest BCUT2D eigenvalue weighted by atomic mass is 16.3. The molecule has 0 spiro atoms. The molecule has 0 bridgehead atoms. The van der Waals surface area contributed by atoms with Gasteiger partial charge >= 0.3 is 0 Å². The maximum absolute atomic E-state index is 6.46. The van der Waals surface area contributed by atoms with E-state index in [2.05, 4.69) is 121 Å². The summed E-state index contributed by atoms with van der Waals surface area (Å²) in [6, 6.07) is 50.5. The zero-order valence-electron chi connectivity index (χ0n) is 29.1. The molecule has 0 aliphatic heterocycles. The maximum atomic E-state index is 6.46. The van der Waals surface area contributed by atoms with E-state index in [1.165, 1.54) is 5.56 Å². The van der Waals surface area contributed by atoms with E-state index < -0.39 is 0 Å². The van der Waals surface area contributed by atoms with Crippen molar-refractivity contribution in [2.24, 2.45) is 0 Å². The Hall–Kier alpha value is -7.11. The number of furan rings is 2. The van der Waals surface area contributed by atoms with Crippen molar-refractivity contribution in [2.75, 3.05) is 0 Å². The van der Waals surface area contributed by atoms with Crippen molar-refractivity contribution in [2.45, 2.75) is 12.3 Å². The van der Waals surface area contributed by atoms with Gasteiger partial charge in [-0.05, 0) is 70.3 Å². The normalized spacial score (nSPS) is 14.3. The third-order valence-corrected chi connectivity index (χ3v) is 10.7. The largest absolute Gasteiger partial charge is 0.456 e. The van der Waals surface area contributed by atoms with E-state index in [9.17, 15) is 0 Å². The molecule has 3 aromatic heterocycles. The second-order valence-corrected chi connectivity index (χ2v) is 13.9. The lowest BCUT2D eigenvalue weighted by atomic mass is 9.92. The van der Waals surface area contributed by atoms with Crippen molar-refractivity contribution < 1.29 is 8.83 Å². The fourth-order valence-electron chi connectivity index (χ4n) is 7.95. The van der Waals surface area contributed by atoms with Crippen LogP contribution in [0.4, 0.5) is 0 Å². The average Bonchev–Trinajstić information content (AvgIpc) is 3.82. The highest BCUT2D eigenvalue weighted by molar-refractivity contribution is 6.13. The number of hydrogen-bond acceptors (Lipinski definition) is 5. The molecule has 1 aliphatic carbocycles. The number of aromatic nitrogens is 3. The first-order valence-corrected chi connectivity index (χ1v) is 18.3. The molecule has 3 heterocycles. The summed E-state index contributed by atoms with van der Waals surface area (Å²) in [5, 5.41) is 6.56. The molecule has 10 aromatic rings. The fourth-order valence-corrected chi connectivity index (χ4v) is 7.95. The van der Waals surface area contributed by atoms with E-state index >= 15 is 0 Å². The molecule has 0 radical (unpaired) electrons. The van der Waals surface area contributed by atoms with Gasteiger partial charge < -0.3 is 8.83 Å². The van der Waals surface area contributed by atoms with Gasteiger partial charge in [0.15, 0.2) is 17.5 Å². The molecule has 0 amide bonds. The summed E-state index contributed by atoms with van der Waals surface area (Å²) in [5.41, 5.74) is 9.55. The van der Waals surface area contributed by atoms with Crippen molar-refractivity contribution in [1.82, 2.24) is 15.0 Å². The Kier molecular flexibility index (Phi) is 6.92. The number of fused-ring (bicyclic) bond motifs is 7. The maximum Gasteiger partial charge on any atom is 0.167 e. The van der Waals surface area contributed by atoms with Crippen LogP contribution in [0.25, 0.3) is 99.9 Å². The van der Waals surface area contributed by atoms with Gasteiger partial charge in [0.1, 0.15) is 22.3 Å². The number of nitrogens with zero attached hydrogens (tertiary/aromatic N) is 3. The molecular weight excluding hydrogens is 663 g/mol. The van der Waals surface area contributed by atoms with Crippen molar-refractivity contribution in [3.8, 4) is 45.3 Å².